The average Bonchev–Trinajstić information content (AvgIpc) is 2.80. The smallest absolute Gasteiger partial charge is 0.340 e. The highest BCUT2D eigenvalue weighted by molar-refractivity contribution is 6.05. The molecule has 1 aliphatic heterocycles. The topological polar surface area (TPSA) is 43.3 Å². The third-order valence-electron chi connectivity index (χ3n) is 4.52. The van der Waals surface area contributed by atoms with Crippen LogP contribution in [0.15, 0.2) is 24.3 Å². The zero-order valence-electron chi connectivity index (χ0n) is 12.7. The second kappa shape index (κ2) is 5.90. The van der Waals surface area contributed by atoms with Gasteiger partial charge in [-0.1, -0.05) is 18.2 Å². The summed E-state index contributed by atoms with van der Waals surface area (Å²) in [7, 11) is 1.45. The van der Waals surface area contributed by atoms with Crippen molar-refractivity contribution in [1.82, 2.24) is 9.88 Å². The minimum atomic E-state index is -0.243. The molecule has 0 atom stereocenters. The van der Waals surface area contributed by atoms with Gasteiger partial charge in [0.05, 0.1) is 12.7 Å². The molecule has 112 valence electrons. The largest absolute Gasteiger partial charge is 0.465 e. The molecule has 1 aromatic heterocycles. The number of benzene rings is 1. The number of hydrogen-bond acceptors (Lipinski definition) is 3. The molecule has 0 unspecified atom stereocenters. The van der Waals surface area contributed by atoms with Gasteiger partial charge in [0.15, 0.2) is 0 Å². The van der Waals surface area contributed by atoms with Gasteiger partial charge < -0.3 is 14.6 Å². The summed E-state index contributed by atoms with van der Waals surface area (Å²) < 4.78 is 7.26. The van der Waals surface area contributed by atoms with E-state index >= 15 is 0 Å². The maximum absolute atomic E-state index is 12.1. The van der Waals surface area contributed by atoms with Gasteiger partial charge >= 0.3 is 5.97 Å². The van der Waals surface area contributed by atoms with Crippen LogP contribution in [0.5, 0.6) is 0 Å². The summed E-state index contributed by atoms with van der Waals surface area (Å²) in [4.78, 5) is 12.1. The van der Waals surface area contributed by atoms with Gasteiger partial charge in [0.2, 0.25) is 0 Å². The van der Waals surface area contributed by atoms with Gasteiger partial charge in [-0.25, -0.2) is 4.79 Å². The highest BCUT2D eigenvalue weighted by Gasteiger charge is 2.22. The van der Waals surface area contributed by atoms with Gasteiger partial charge in [-0.15, -0.1) is 0 Å². The zero-order valence-corrected chi connectivity index (χ0v) is 12.7. The molecule has 4 heteroatoms. The maximum atomic E-state index is 12.1. The predicted octanol–water partition coefficient (Wildman–Crippen LogP) is 2.74. The molecule has 2 aromatic rings. The number of hydrogen-bond donors (Lipinski definition) is 1. The molecular weight excluding hydrogens is 264 g/mol. The van der Waals surface area contributed by atoms with E-state index in [0.29, 0.717) is 11.5 Å². The third-order valence-corrected chi connectivity index (χ3v) is 4.52. The van der Waals surface area contributed by atoms with E-state index in [0.717, 1.165) is 36.2 Å². The lowest BCUT2D eigenvalue weighted by Gasteiger charge is -2.24. The molecule has 0 spiro atoms. The van der Waals surface area contributed by atoms with Crippen LogP contribution in [-0.2, 0) is 11.3 Å². The van der Waals surface area contributed by atoms with Crippen molar-refractivity contribution in [2.75, 3.05) is 20.2 Å². The molecule has 21 heavy (non-hydrogen) atoms. The molecule has 1 saturated heterocycles. The minimum absolute atomic E-state index is 0.243. The predicted molar refractivity (Wildman–Crippen MR) is 83.6 cm³/mol. The van der Waals surface area contributed by atoms with Crippen molar-refractivity contribution in [2.24, 2.45) is 5.92 Å². The van der Waals surface area contributed by atoms with Gasteiger partial charge in [-0.05, 0) is 44.8 Å². The number of carbonyl (C=O) groups excluding carboxylic acids is 1. The standard InChI is InChI=1S/C17H22N2O2/c1-12-16(17(20)21-2)14-5-3-4-6-15(14)19(12)11-13-7-9-18-10-8-13/h3-6,13,18H,7-11H2,1-2H3. The van der Waals surface area contributed by atoms with Crippen molar-refractivity contribution >= 4 is 16.9 Å². The van der Waals surface area contributed by atoms with Gasteiger partial charge in [0.1, 0.15) is 0 Å². The number of rotatable bonds is 3. The first-order valence-corrected chi connectivity index (χ1v) is 7.59. The van der Waals surface area contributed by atoms with Crippen LogP contribution in [0, 0.1) is 12.8 Å². The third kappa shape index (κ3) is 2.56. The molecule has 1 fully saturated rings. The van der Waals surface area contributed by atoms with Crippen LogP contribution < -0.4 is 5.32 Å². The second-order valence-corrected chi connectivity index (χ2v) is 5.77. The fourth-order valence-corrected chi connectivity index (χ4v) is 3.35. The van der Waals surface area contributed by atoms with Crippen LogP contribution in [0.1, 0.15) is 28.9 Å². The Bertz CT molecular complexity index is 654. The Morgan fingerprint density at radius 3 is 2.76 bits per heavy atom. The monoisotopic (exact) mass is 286 g/mol. The number of esters is 1. The Kier molecular flexibility index (Phi) is 3.97. The molecule has 0 bridgehead atoms. The summed E-state index contributed by atoms with van der Waals surface area (Å²) in [6.45, 7) is 5.18. The summed E-state index contributed by atoms with van der Waals surface area (Å²) in [5.74, 6) is 0.430. The molecular formula is C17H22N2O2. The van der Waals surface area contributed by atoms with E-state index in [1.165, 1.54) is 20.0 Å². The van der Waals surface area contributed by atoms with Crippen LogP contribution >= 0.6 is 0 Å². The Morgan fingerprint density at radius 1 is 1.33 bits per heavy atom. The van der Waals surface area contributed by atoms with Gasteiger partial charge in [-0.3, -0.25) is 0 Å². The Hall–Kier alpha value is -1.81. The number of ether oxygens (including phenoxy) is 1. The number of nitrogens with zero attached hydrogens (tertiary/aromatic N) is 1. The Balaban J connectivity index is 2.04. The van der Waals surface area contributed by atoms with Crippen LogP contribution in [0.2, 0.25) is 0 Å². The lowest BCUT2D eigenvalue weighted by molar-refractivity contribution is 0.0601. The van der Waals surface area contributed by atoms with Crippen molar-refractivity contribution in [3.05, 3.63) is 35.5 Å². The summed E-state index contributed by atoms with van der Waals surface area (Å²) in [5, 5.41) is 4.40. The summed E-state index contributed by atoms with van der Waals surface area (Å²) in [6.07, 6.45) is 2.39. The highest BCUT2D eigenvalue weighted by Crippen LogP contribution is 2.28. The lowest BCUT2D eigenvalue weighted by atomic mass is 9.98. The molecule has 4 nitrogen and oxygen atoms in total. The second-order valence-electron chi connectivity index (χ2n) is 5.77. The lowest BCUT2D eigenvalue weighted by Crippen LogP contribution is -2.30. The SMILES string of the molecule is COC(=O)c1c(C)n(CC2CCNCC2)c2ccccc12. The summed E-state index contributed by atoms with van der Waals surface area (Å²) in [6, 6.07) is 8.11. The molecule has 1 aliphatic rings. The number of piperidine rings is 1. The van der Waals surface area contributed by atoms with Crippen LogP contribution in [-0.4, -0.2) is 30.7 Å². The van der Waals surface area contributed by atoms with Crippen LogP contribution in [0.3, 0.4) is 0 Å². The molecule has 0 radical (unpaired) electrons. The van der Waals surface area contributed by atoms with Gasteiger partial charge in [-0.2, -0.15) is 0 Å². The molecule has 3 rings (SSSR count). The van der Waals surface area contributed by atoms with E-state index in [9.17, 15) is 4.79 Å². The molecule has 1 aromatic carbocycles. The number of methoxy groups -OCH3 is 1. The van der Waals surface area contributed by atoms with Crippen LogP contribution in [0.4, 0.5) is 0 Å². The zero-order chi connectivity index (χ0) is 14.8. The average molecular weight is 286 g/mol. The first-order valence-electron chi connectivity index (χ1n) is 7.59. The highest BCUT2D eigenvalue weighted by atomic mass is 16.5. The van der Waals surface area contributed by atoms with E-state index in [-0.39, 0.29) is 5.97 Å². The van der Waals surface area contributed by atoms with Crippen molar-refractivity contribution in [1.29, 1.82) is 0 Å². The van der Waals surface area contributed by atoms with E-state index in [1.54, 1.807) is 0 Å². The minimum Gasteiger partial charge on any atom is -0.465 e. The van der Waals surface area contributed by atoms with E-state index < -0.39 is 0 Å². The van der Waals surface area contributed by atoms with Gasteiger partial charge in [0.25, 0.3) is 0 Å². The summed E-state index contributed by atoms with van der Waals surface area (Å²) >= 11 is 0. The van der Waals surface area contributed by atoms with Crippen molar-refractivity contribution in [2.45, 2.75) is 26.3 Å². The number of carbonyl (C=O) groups is 1. The number of para-hydroxylation sites is 1. The van der Waals surface area contributed by atoms with Gasteiger partial charge in [0, 0.05) is 23.1 Å². The van der Waals surface area contributed by atoms with E-state index in [2.05, 4.69) is 16.0 Å². The van der Waals surface area contributed by atoms with Crippen molar-refractivity contribution in [3.8, 4) is 0 Å². The Labute approximate surface area is 125 Å². The van der Waals surface area contributed by atoms with E-state index in [4.69, 9.17) is 4.74 Å². The molecule has 1 N–H and O–H groups in total. The quantitative estimate of drug-likeness (QED) is 0.882. The molecule has 2 heterocycles. The number of fused-ring (bicyclic) bond motifs is 1. The number of aromatic nitrogens is 1. The molecule has 0 amide bonds. The first-order chi connectivity index (χ1) is 10.2. The van der Waals surface area contributed by atoms with Crippen LogP contribution in [0.25, 0.3) is 10.9 Å². The summed E-state index contributed by atoms with van der Waals surface area (Å²) in [5.41, 5.74) is 2.86. The normalized spacial score (nSPS) is 16.3. The molecule has 0 aliphatic carbocycles. The van der Waals surface area contributed by atoms with Crippen molar-refractivity contribution in [3.63, 3.8) is 0 Å². The fourth-order valence-electron chi connectivity index (χ4n) is 3.35. The van der Waals surface area contributed by atoms with Crippen molar-refractivity contribution < 1.29 is 9.53 Å². The first kappa shape index (κ1) is 14.1. The Morgan fingerprint density at radius 2 is 2.05 bits per heavy atom. The fraction of sp³-hybridized carbons (Fsp3) is 0.471. The maximum Gasteiger partial charge on any atom is 0.340 e. The molecule has 0 saturated carbocycles. The number of nitrogens with one attached hydrogen (secondary N) is 1. The van der Waals surface area contributed by atoms with E-state index in [1.807, 2.05) is 25.1 Å².